The first-order chi connectivity index (χ1) is 7.75. The van der Waals surface area contributed by atoms with Gasteiger partial charge in [0, 0.05) is 0 Å². The van der Waals surface area contributed by atoms with Crippen LogP contribution in [0.3, 0.4) is 0 Å². The van der Waals surface area contributed by atoms with Crippen LogP contribution in [0.25, 0.3) is 0 Å². The first-order valence-corrected chi connectivity index (χ1v) is 4.96. The van der Waals surface area contributed by atoms with Crippen molar-refractivity contribution < 1.29 is 19.0 Å². The molecule has 0 N–H and O–H groups in total. The van der Waals surface area contributed by atoms with E-state index in [2.05, 4.69) is 6.58 Å². The third-order valence-electron chi connectivity index (χ3n) is 2.01. The summed E-state index contributed by atoms with van der Waals surface area (Å²) in [5.74, 6) is -0.0154. The normalized spacial score (nSPS) is 17.6. The lowest BCUT2D eigenvalue weighted by Crippen LogP contribution is -2.14. The third-order valence-corrected chi connectivity index (χ3v) is 2.01. The average Bonchev–Trinajstić information content (AvgIpc) is 3.11. The van der Waals surface area contributed by atoms with Crippen molar-refractivity contribution in [2.45, 2.75) is 6.10 Å². The second-order valence-electron chi connectivity index (χ2n) is 3.39. The molecule has 0 bridgehead atoms. The number of epoxide rings is 1. The molecule has 0 spiro atoms. The Morgan fingerprint density at radius 2 is 2.12 bits per heavy atom. The van der Waals surface area contributed by atoms with Gasteiger partial charge in [0.05, 0.1) is 6.61 Å². The fraction of sp³-hybridized carbons (Fsp3) is 0.250. The van der Waals surface area contributed by atoms with E-state index in [0.717, 1.165) is 0 Å². The number of rotatable bonds is 5. The lowest BCUT2D eigenvalue weighted by Gasteiger charge is -2.07. The van der Waals surface area contributed by atoms with Crippen molar-refractivity contribution in [3.8, 4) is 5.75 Å². The SMILES string of the molecule is C=C(Oc1ccccc1)C(=O)OCC1CO1. The molecule has 1 heterocycles. The van der Waals surface area contributed by atoms with E-state index in [1.54, 1.807) is 12.1 Å². The molecule has 1 aromatic rings. The van der Waals surface area contributed by atoms with Gasteiger partial charge in [-0.05, 0) is 18.7 Å². The van der Waals surface area contributed by atoms with Crippen LogP contribution < -0.4 is 4.74 Å². The maximum Gasteiger partial charge on any atom is 0.373 e. The standard InChI is InChI=1S/C12H12O4/c1-9(12(13)15-8-11-7-14-11)16-10-5-3-2-4-6-10/h2-6,11H,1,7-8H2. The van der Waals surface area contributed by atoms with Gasteiger partial charge >= 0.3 is 5.97 Å². The summed E-state index contributed by atoms with van der Waals surface area (Å²) in [5, 5.41) is 0. The summed E-state index contributed by atoms with van der Waals surface area (Å²) < 4.78 is 15.0. The number of hydrogen-bond acceptors (Lipinski definition) is 4. The first kappa shape index (κ1) is 10.7. The summed E-state index contributed by atoms with van der Waals surface area (Å²) in [5.41, 5.74) is 0. The number of carbonyl (C=O) groups is 1. The molecular formula is C12H12O4. The van der Waals surface area contributed by atoms with Gasteiger partial charge in [-0.15, -0.1) is 0 Å². The first-order valence-electron chi connectivity index (χ1n) is 4.96. The molecule has 84 valence electrons. The van der Waals surface area contributed by atoms with Crippen molar-refractivity contribution in [3.05, 3.63) is 42.7 Å². The smallest absolute Gasteiger partial charge is 0.373 e. The zero-order chi connectivity index (χ0) is 11.4. The van der Waals surface area contributed by atoms with Crippen molar-refractivity contribution in [1.29, 1.82) is 0 Å². The fourth-order valence-electron chi connectivity index (χ4n) is 1.09. The van der Waals surface area contributed by atoms with Crippen molar-refractivity contribution in [2.24, 2.45) is 0 Å². The maximum atomic E-state index is 11.4. The molecule has 16 heavy (non-hydrogen) atoms. The van der Waals surface area contributed by atoms with E-state index >= 15 is 0 Å². The summed E-state index contributed by atoms with van der Waals surface area (Å²) in [7, 11) is 0. The van der Waals surface area contributed by atoms with E-state index in [-0.39, 0.29) is 18.5 Å². The monoisotopic (exact) mass is 220 g/mol. The number of hydrogen-bond donors (Lipinski definition) is 0. The molecule has 1 aliphatic heterocycles. The summed E-state index contributed by atoms with van der Waals surface area (Å²) in [6, 6.07) is 8.96. The lowest BCUT2D eigenvalue weighted by atomic mass is 10.3. The lowest BCUT2D eigenvalue weighted by molar-refractivity contribution is -0.141. The highest BCUT2D eigenvalue weighted by atomic mass is 16.6. The molecule has 1 atom stereocenters. The van der Waals surface area contributed by atoms with Gasteiger partial charge < -0.3 is 14.2 Å². The predicted molar refractivity (Wildman–Crippen MR) is 56.9 cm³/mol. The van der Waals surface area contributed by atoms with Crippen LogP contribution in [-0.4, -0.2) is 25.3 Å². The van der Waals surface area contributed by atoms with Gasteiger partial charge in [-0.3, -0.25) is 0 Å². The van der Waals surface area contributed by atoms with Crippen LogP contribution in [0.2, 0.25) is 0 Å². The van der Waals surface area contributed by atoms with Gasteiger partial charge in [-0.25, -0.2) is 4.79 Å². The molecule has 0 radical (unpaired) electrons. The quantitative estimate of drug-likeness (QED) is 0.327. The van der Waals surface area contributed by atoms with Crippen LogP contribution >= 0.6 is 0 Å². The van der Waals surface area contributed by atoms with Crippen LogP contribution in [-0.2, 0) is 14.3 Å². The van der Waals surface area contributed by atoms with Crippen molar-refractivity contribution in [1.82, 2.24) is 0 Å². The highest BCUT2D eigenvalue weighted by Gasteiger charge is 2.25. The van der Waals surface area contributed by atoms with Crippen LogP contribution in [0.1, 0.15) is 0 Å². The minimum absolute atomic E-state index is 0.0214. The van der Waals surface area contributed by atoms with Gasteiger partial charge in [-0.1, -0.05) is 18.2 Å². The average molecular weight is 220 g/mol. The Kier molecular flexibility index (Phi) is 3.22. The highest BCUT2D eigenvalue weighted by molar-refractivity contribution is 5.86. The number of carbonyl (C=O) groups excluding carboxylic acids is 1. The second-order valence-corrected chi connectivity index (χ2v) is 3.39. The molecule has 4 nitrogen and oxygen atoms in total. The molecule has 2 rings (SSSR count). The molecule has 1 aliphatic rings. The van der Waals surface area contributed by atoms with Crippen molar-refractivity contribution in [2.75, 3.05) is 13.2 Å². The minimum atomic E-state index is -0.556. The molecule has 0 amide bonds. The highest BCUT2D eigenvalue weighted by Crippen LogP contribution is 2.14. The zero-order valence-electron chi connectivity index (χ0n) is 8.72. The minimum Gasteiger partial charge on any atom is -0.457 e. The Balaban J connectivity index is 1.80. The fourth-order valence-corrected chi connectivity index (χ4v) is 1.09. The van der Waals surface area contributed by atoms with Crippen molar-refractivity contribution in [3.63, 3.8) is 0 Å². The molecule has 0 aliphatic carbocycles. The molecule has 1 fully saturated rings. The second kappa shape index (κ2) is 4.81. The zero-order valence-corrected chi connectivity index (χ0v) is 8.72. The molecule has 0 saturated carbocycles. The molecule has 4 heteroatoms. The van der Waals surface area contributed by atoms with E-state index in [1.165, 1.54) is 0 Å². The van der Waals surface area contributed by atoms with E-state index in [0.29, 0.717) is 12.4 Å². The van der Waals surface area contributed by atoms with Crippen LogP contribution in [0.4, 0.5) is 0 Å². The number of benzene rings is 1. The van der Waals surface area contributed by atoms with Gasteiger partial charge in [0.25, 0.3) is 0 Å². The van der Waals surface area contributed by atoms with Gasteiger partial charge in [0.2, 0.25) is 5.76 Å². The number of para-hydroxylation sites is 1. The Bertz CT molecular complexity index is 381. The molecule has 0 aromatic heterocycles. The summed E-state index contributed by atoms with van der Waals surface area (Å²) in [6.45, 7) is 4.42. The molecular weight excluding hydrogens is 208 g/mol. The maximum absolute atomic E-state index is 11.4. The Hall–Kier alpha value is -1.81. The van der Waals surface area contributed by atoms with E-state index in [4.69, 9.17) is 14.2 Å². The van der Waals surface area contributed by atoms with E-state index in [1.807, 2.05) is 18.2 Å². The molecule has 1 aromatic carbocycles. The van der Waals surface area contributed by atoms with Gasteiger partial charge in [0.1, 0.15) is 18.5 Å². The van der Waals surface area contributed by atoms with E-state index in [9.17, 15) is 4.79 Å². The van der Waals surface area contributed by atoms with Gasteiger partial charge in [0.15, 0.2) is 0 Å². The van der Waals surface area contributed by atoms with Gasteiger partial charge in [-0.2, -0.15) is 0 Å². The summed E-state index contributed by atoms with van der Waals surface area (Å²) >= 11 is 0. The Morgan fingerprint density at radius 1 is 1.44 bits per heavy atom. The Morgan fingerprint density at radius 3 is 2.75 bits per heavy atom. The van der Waals surface area contributed by atoms with Crippen LogP contribution in [0.15, 0.2) is 42.7 Å². The predicted octanol–water partition coefficient (Wildman–Crippen LogP) is 1.52. The van der Waals surface area contributed by atoms with Crippen molar-refractivity contribution >= 4 is 5.97 Å². The van der Waals surface area contributed by atoms with E-state index < -0.39 is 5.97 Å². The molecule has 1 unspecified atom stereocenters. The Labute approximate surface area is 93.4 Å². The number of ether oxygens (including phenoxy) is 3. The number of esters is 1. The summed E-state index contributed by atoms with van der Waals surface area (Å²) in [4.78, 5) is 11.4. The third kappa shape index (κ3) is 3.10. The van der Waals surface area contributed by atoms with Crippen LogP contribution in [0.5, 0.6) is 5.75 Å². The summed E-state index contributed by atoms with van der Waals surface area (Å²) in [6.07, 6.45) is 0.0495. The molecule has 1 saturated heterocycles. The topological polar surface area (TPSA) is 48.1 Å². The largest absolute Gasteiger partial charge is 0.457 e. The van der Waals surface area contributed by atoms with Crippen LogP contribution in [0, 0.1) is 0 Å².